The zero-order valence-corrected chi connectivity index (χ0v) is 16.8. The molecule has 0 aliphatic carbocycles. The van der Waals surface area contributed by atoms with Gasteiger partial charge in [-0.25, -0.2) is 0 Å². The van der Waals surface area contributed by atoms with E-state index in [1.807, 2.05) is 49.1 Å². The van der Waals surface area contributed by atoms with Crippen LogP contribution in [0.25, 0.3) is 6.08 Å². The fraction of sp³-hybridized carbons (Fsp3) is 0.375. The van der Waals surface area contributed by atoms with Crippen molar-refractivity contribution < 1.29 is 9.90 Å². The lowest BCUT2D eigenvalue weighted by Crippen LogP contribution is -2.41. The molecule has 1 aliphatic heterocycles. The molecule has 0 saturated heterocycles. The molecule has 4 heteroatoms. The van der Waals surface area contributed by atoms with Gasteiger partial charge in [-0.2, -0.15) is 0 Å². The Morgan fingerprint density at radius 1 is 0.964 bits per heavy atom. The molecule has 0 atom stereocenters. The summed E-state index contributed by atoms with van der Waals surface area (Å²) in [4.78, 5) is 16.9. The first-order chi connectivity index (χ1) is 13.4. The lowest BCUT2D eigenvalue weighted by molar-refractivity contribution is -0.130. The van der Waals surface area contributed by atoms with E-state index in [4.69, 9.17) is 0 Å². The Kier molecular flexibility index (Phi) is 6.53. The Hall–Kier alpha value is -2.59. The van der Waals surface area contributed by atoms with Gasteiger partial charge in [-0.3, -0.25) is 4.79 Å². The van der Waals surface area contributed by atoms with Gasteiger partial charge in [0, 0.05) is 38.3 Å². The average molecular weight is 379 g/mol. The Labute approximate surface area is 168 Å². The summed E-state index contributed by atoms with van der Waals surface area (Å²) in [7, 11) is 0. The summed E-state index contributed by atoms with van der Waals surface area (Å²) in [6.45, 7) is 6.05. The molecule has 0 fully saturated rings. The fourth-order valence-corrected chi connectivity index (χ4v) is 3.62. The first kappa shape index (κ1) is 20.2. The van der Waals surface area contributed by atoms with Crippen molar-refractivity contribution in [2.75, 3.05) is 31.1 Å². The monoisotopic (exact) mass is 378 g/mol. The standard InChI is InChI=1S/C24H30N2O2/c1-24(2,28)19-26-18-15-23(27)25(16-8-11-20-9-4-3-5-10-20)17-14-21-12-6-7-13-22(21)26/h3-13,28H,14-19H2,1-2H3/b11-8+. The fourth-order valence-electron chi connectivity index (χ4n) is 3.62. The van der Waals surface area contributed by atoms with E-state index in [1.165, 1.54) is 5.56 Å². The average Bonchev–Trinajstić information content (AvgIpc) is 2.72. The third kappa shape index (κ3) is 5.70. The summed E-state index contributed by atoms with van der Waals surface area (Å²) in [5.41, 5.74) is 2.67. The van der Waals surface area contributed by atoms with Crippen LogP contribution in [-0.2, 0) is 11.2 Å². The van der Waals surface area contributed by atoms with Gasteiger partial charge in [0.15, 0.2) is 0 Å². The molecule has 2 aromatic carbocycles. The minimum atomic E-state index is -0.817. The van der Waals surface area contributed by atoms with Crippen molar-refractivity contribution in [1.82, 2.24) is 4.90 Å². The molecule has 28 heavy (non-hydrogen) atoms. The maximum Gasteiger partial charge on any atom is 0.224 e. The third-order valence-corrected chi connectivity index (χ3v) is 4.95. The maximum atomic E-state index is 12.8. The molecule has 0 saturated carbocycles. The summed E-state index contributed by atoms with van der Waals surface area (Å²) in [5, 5.41) is 10.3. The predicted octanol–water partition coefficient (Wildman–Crippen LogP) is 3.75. The molecular weight excluding hydrogens is 348 g/mol. The number of anilines is 1. The summed E-state index contributed by atoms with van der Waals surface area (Å²) in [5.74, 6) is 0.159. The lowest BCUT2D eigenvalue weighted by atomic mass is 10.1. The van der Waals surface area contributed by atoms with Gasteiger partial charge in [0.05, 0.1) is 5.60 Å². The van der Waals surface area contributed by atoms with Crippen LogP contribution in [0, 0.1) is 0 Å². The van der Waals surface area contributed by atoms with Gasteiger partial charge >= 0.3 is 0 Å². The van der Waals surface area contributed by atoms with Crippen molar-refractivity contribution in [1.29, 1.82) is 0 Å². The van der Waals surface area contributed by atoms with Gasteiger partial charge in [-0.05, 0) is 37.5 Å². The van der Waals surface area contributed by atoms with E-state index in [1.54, 1.807) is 0 Å². The molecule has 0 unspecified atom stereocenters. The SMILES string of the molecule is CC(C)(O)CN1CCC(=O)N(C/C=C/c2ccccc2)CCc2ccccc21. The highest BCUT2D eigenvalue weighted by atomic mass is 16.3. The highest BCUT2D eigenvalue weighted by Crippen LogP contribution is 2.25. The summed E-state index contributed by atoms with van der Waals surface area (Å²) in [6.07, 6.45) is 5.38. The van der Waals surface area contributed by atoms with Crippen molar-refractivity contribution in [3.05, 3.63) is 71.8 Å². The van der Waals surface area contributed by atoms with Crippen molar-refractivity contribution in [2.24, 2.45) is 0 Å². The van der Waals surface area contributed by atoms with Crippen LogP contribution in [0.5, 0.6) is 0 Å². The van der Waals surface area contributed by atoms with Crippen molar-refractivity contribution in [2.45, 2.75) is 32.3 Å². The molecule has 148 valence electrons. The van der Waals surface area contributed by atoms with Gasteiger partial charge in [-0.1, -0.05) is 60.7 Å². The quantitative estimate of drug-likeness (QED) is 0.862. The number of aliphatic hydroxyl groups is 1. The molecule has 4 nitrogen and oxygen atoms in total. The number of β-amino-alcohol motifs (C(OH)–C–C–N with tert-alkyl or cyclic N) is 1. The number of benzene rings is 2. The second-order valence-corrected chi connectivity index (χ2v) is 8.02. The number of rotatable bonds is 5. The van der Waals surface area contributed by atoms with Gasteiger partial charge < -0.3 is 14.9 Å². The minimum Gasteiger partial charge on any atom is -0.389 e. The Morgan fingerprint density at radius 2 is 1.64 bits per heavy atom. The molecule has 1 N–H and O–H groups in total. The molecule has 0 aromatic heterocycles. The third-order valence-electron chi connectivity index (χ3n) is 4.95. The maximum absolute atomic E-state index is 12.8. The number of carbonyl (C=O) groups is 1. The topological polar surface area (TPSA) is 43.8 Å². The summed E-state index contributed by atoms with van der Waals surface area (Å²) < 4.78 is 0. The minimum absolute atomic E-state index is 0.159. The van der Waals surface area contributed by atoms with Crippen LogP contribution in [0.3, 0.4) is 0 Å². The van der Waals surface area contributed by atoms with Gasteiger partial charge in [0.1, 0.15) is 0 Å². The number of hydrogen-bond acceptors (Lipinski definition) is 3. The van der Waals surface area contributed by atoms with Crippen LogP contribution in [0.1, 0.15) is 31.4 Å². The number of para-hydroxylation sites is 1. The summed E-state index contributed by atoms with van der Waals surface area (Å²) in [6, 6.07) is 18.4. The first-order valence-corrected chi connectivity index (χ1v) is 9.97. The van der Waals surface area contributed by atoms with Gasteiger partial charge in [0.25, 0.3) is 0 Å². The zero-order valence-electron chi connectivity index (χ0n) is 16.8. The largest absolute Gasteiger partial charge is 0.389 e. The van der Waals surface area contributed by atoms with Gasteiger partial charge in [-0.15, -0.1) is 0 Å². The second-order valence-electron chi connectivity index (χ2n) is 8.02. The van der Waals surface area contributed by atoms with Crippen LogP contribution in [-0.4, -0.2) is 47.7 Å². The predicted molar refractivity (Wildman–Crippen MR) is 115 cm³/mol. The Morgan fingerprint density at radius 3 is 2.39 bits per heavy atom. The lowest BCUT2D eigenvalue weighted by Gasteiger charge is -2.31. The van der Waals surface area contributed by atoms with E-state index in [9.17, 15) is 9.90 Å². The van der Waals surface area contributed by atoms with Crippen molar-refractivity contribution in [3.63, 3.8) is 0 Å². The summed E-state index contributed by atoms with van der Waals surface area (Å²) >= 11 is 0. The van der Waals surface area contributed by atoms with Crippen molar-refractivity contribution in [3.8, 4) is 0 Å². The number of fused-ring (bicyclic) bond motifs is 1. The molecule has 0 spiro atoms. The molecule has 0 radical (unpaired) electrons. The molecule has 0 bridgehead atoms. The molecule has 1 aliphatic rings. The van der Waals surface area contributed by atoms with E-state index in [0.29, 0.717) is 32.6 Å². The van der Waals surface area contributed by atoms with E-state index in [2.05, 4.69) is 41.3 Å². The highest BCUT2D eigenvalue weighted by Gasteiger charge is 2.24. The highest BCUT2D eigenvalue weighted by molar-refractivity contribution is 5.77. The number of amides is 1. The number of carbonyl (C=O) groups excluding carboxylic acids is 1. The molecule has 1 heterocycles. The number of hydrogen-bond donors (Lipinski definition) is 1. The smallest absolute Gasteiger partial charge is 0.224 e. The zero-order chi connectivity index (χ0) is 20.0. The van der Waals surface area contributed by atoms with E-state index >= 15 is 0 Å². The van der Waals surface area contributed by atoms with Crippen LogP contribution in [0.15, 0.2) is 60.7 Å². The molecule has 3 rings (SSSR count). The second kappa shape index (κ2) is 9.07. The van der Waals surface area contributed by atoms with Gasteiger partial charge in [0.2, 0.25) is 5.91 Å². The van der Waals surface area contributed by atoms with E-state index in [0.717, 1.165) is 17.7 Å². The normalized spacial score (nSPS) is 15.9. The molecule has 2 aromatic rings. The van der Waals surface area contributed by atoms with Crippen LogP contribution < -0.4 is 4.90 Å². The first-order valence-electron chi connectivity index (χ1n) is 9.97. The number of nitrogens with zero attached hydrogens (tertiary/aromatic N) is 2. The Balaban J connectivity index is 1.75. The van der Waals surface area contributed by atoms with E-state index < -0.39 is 5.60 Å². The van der Waals surface area contributed by atoms with Crippen molar-refractivity contribution >= 4 is 17.7 Å². The van der Waals surface area contributed by atoms with Crippen LogP contribution >= 0.6 is 0 Å². The Bertz CT molecular complexity index is 809. The molecule has 1 amide bonds. The van der Waals surface area contributed by atoms with Crippen LogP contribution in [0.2, 0.25) is 0 Å². The molecular formula is C24H30N2O2. The van der Waals surface area contributed by atoms with Crippen LogP contribution in [0.4, 0.5) is 5.69 Å². The van der Waals surface area contributed by atoms with E-state index in [-0.39, 0.29) is 5.91 Å².